The molecule has 30 heavy (non-hydrogen) atoms. The molecule has 0 spiro atoms. The molecule has 0 unspecified atom stereocenters. The highest BCUT2D eigenvalue weighted by Gasteiger charge is 2.23. The van der Waals surface area contributed by atoms with Gasteiger partial charge in [0, 0.05) is 44.5 Å². The number of rotatable bonds is 7. The topological polar surface area (TPSA) is 62.5 Å². The fraction of sp³-hybridized carbons (Fsp3) is 0.348. The standard InChI is InChI=1S/C23H26N4O2S/c1-18-24-22(25-29-18)17-30-21-10-6-5-9-20(21)23(28)27-15-13-26(14-16-27)12-11-19-7-3-2-4-8-19/h2-10H,11-17H2,1H3. The number of carbonyl (C=O) groups excluding carboxylic acids is 1. The molecule has 4 rings (SSSR count). The first-order valence-corrected chi connectivity index (χ1v) is 11.2. The molecule has 0 atom stereocenters. The summed E-state index contributed by atoms with van der Waals surface area (Å²) in [7, 11) is 0. The fourth-order valence-electron chi connectivity index (χ4n) is 3.59. The zero-order chi connectivity index (χ0) is 20.8. The number of carbonyl (C=O) groups is 1. The summed E-state index contributed by atoms with van der Waals surface area (Å²) in [4.78, 5) is 22.8. The SMILES string of the molecule is Cc1nc(CSc2ccccc2C(=O)N2CCN(CCc3ccccc3)CC2)no1. The predicted octanol–water partition coefficient (Wildman–Crippen LogP) is 3.67. The van der Waals surface area contributed by atoms with Gasteiger partial charge in [-0.05, 0) is 24.1 Å². The number of hydrogen-bond donors (Lipinski definition) is 0. The maximum Gasteiger partial charge on any atom is 0.255 e. The summed E-state index contributed by atoms with van der Waals surface area (Å²) in [5.41, 5.74) is 2.11. The van der Waals surface area contributed by atoms with Crippen molar-refractivity contribution in [1.82, 2.24) is 19.9 Å². The molecule has 6 nitrogen and oxygen atoms in total. The van der Waals surface area contributed by atoms with Crippen LogP contribution < -0.4 is 0 Å². The predicted molar refractivity (Wildman–Crippen MR) is 118 cm³/mol. The fourth-order valence-corrected chi connectivity index (χ4v) is 4.48. The van der Waals surface area contributed by atoms with Crippen molar-refractivity contribution in [3.8, 4) is 0 Å². The van der Waals surface area contributed by atoms with Gasteiger partial charge in [0.15, 0.2) is 5.82 Å². The van der Waals surface area contributed by atoms with Crippen molar-refractivity contribution in [3.05, 3.63) is 77.4 Å². The average Bonchev–Trinajstić information content (AvgIpc) is 3.22. The van der Waals surface area contributed by atoms with Crippen LogP contribution in [0.1, 0.15) is 27.6 Å². The van der Waals surface area contributed by atoms with Crippen LogP contribution >= 0.6 is 11.8 Å². The van der Waals surface area contributed by atoms with E-state index >= 15 is 0 Å². The third-order valence-corrected chi connectivity index (χ3v) is 6.33. The van der Waals surface area contributed by atoms with Gasteiger partial charge in [-0.3, -0.25) is 9.69 Å². The molecule has 1 aliphatic rings. The maximum absolute atomic E-state index is 13.2. The Morgan fingerprint density at radius 1 is 1.03 bits per heavy atom. The number of benzene rings is 2. The van der Waals surface area contributed by atoms with Crippen LogP contribution in [0.5, 0.6) is 0 Å². The highest BCUT2D eigenvalue weighted by atomic mass is 32.2. The van der Waals surface area contributed by atoms with E-state index in [9.17, 15) is 4.79 Å². The smallest absolute Gasteiger partial charge is 0.255 e. The Bertz CT molecular complexity index is 968. The lowest BCUT2D eigenvalue weighted by Gasteiger charge is -2.35. The van der Waals surface area contributed by atoms with Gasteiger partial charge in [-0.15, -0.1) is 11.8 Å². The van der Waals surface area contributed by atoms with E-state index in [1.165, 1.54) is 5.56 Å². The Hall–Kier alpha value is -2.64. The molecule has 0 N–H and O–H groups in total. The molecule has 1 fully saturated rings. The summed E-state index contributed by atoms with van der Waals surface area (Å²) in [5.74, 6) is 1.88. The van der Waals surface area contributed by atoms with Crippen LogP contribution in [0.15, 0.2) is 64.0 Å². The van der Waals surface area contributed by atoms with Crippen molar-refractivity contribution < 1.29 is 9.32 Å². The minimum absolute atomic E-state index is 0.102. The van der Waals surface area contributed by atoms with E-state index in [1.807, 2.05) is 35.2 Å². The summed E-state index contributed by atoms with van der Waals surface area (Å²) < 4.78 is 5.03. The molecular weight excluding hydrogens is 396 g/mol. The quantitative estimate of drug-likeness (QED) is 0.542. The number of aryl methyl sites for hydroxylation is 1. The highest BCUT2D eigenvalue weighted by molar-refractivity contribution is 7.98. The molecule has 0 aliphatic carbocycles. The number of piperazine rings is 1. The summed E-state index contributed by atoms with van der Waals surface area (Å²) >= 11 is 1.57. The lowest BCUT2D eigenvalue weighted by molar-refractivity contribution is 0.0635. The molecular formula is C23H26N4O2S. The van der Waals surface area contributed by atoms with Gasteiger partial charge in [-0.1, -0.05) is 47.6 Å². The van der Waals surface area contributed by atoms with Crippen LogP contribution in [0.25, 0.3) is 0 Å². The van der Waals surface area contributed by atoms with Crippen LogP contribution in [-0.4, -0.2) is 58.6 Å². The normalized spacial score (nSPS) is 14.8. The Kier molecular flexibility index (Phi) is 6.81. The Morgan fingerprint density at radius 2 is 1.77 bits per heavy atom. The van der Waals surface area contributed by atoms with Crippen molar-refractivity contribution in [3.63, 3.8) is 0 Å². The number of nitrogens with zero attached hydrogens (tertiary/aromatic N) is 4. The van der Waals surface area contributed by atoms with E-state index in [2.05, 4.69) is 39.3 Å². The first kappa shape index (κ1) is 20.6. The molecule has 1 amide bonds. The molecule has 1 aliphatic heterocycles. The lowest BCUT2D eigenvalue weighted by atomic mass is 10.1. The van der Waals surface area contributed by atoms with Crippen LogP contribution in [-0.2, 0) is 12.2 Å². The minimum atomic E-state index is 0.102. The molecule has 3 aromatic rings. The highest BCUT2D eigenvalue weighted by Crippen LogP contribution is 2.27. The average molecular weight is 423 g/mol. The Balaban J connectivity index is 1.31. The van der Waals surface area contributed by atoms with Gasteiger partial charge >= 0.3 is 0 Å². The molecule has 156 valence electrons. The van der Waals surface area contributed by atoms with Gasteiger partial charge in [-0.2, -0.15) is 4.98 Å². The van der Waals surface area contributed by atoms with E-state index in [1.54, 1.807) is 18.7 Å². The molecule has 0 saturated carbocycles. The van der Waals surface area contributed by atoms with Crippen molar-refractivity contribution in [2.75, 3.05) is 32.7 Å². The van der Waals surface area contributed by atoms with Crippen molar-refractivity contribution in [1.29, 1.82) is 0 Å². The summed E-state index contributed by atoms with van der Waals surface area (Å²) in [6, 6.07) is 18.3. The summed E-state index contributed by atoms with van der Waals surface area (Å²) in [6.07, 6.45) is 1.05. The first-order chi connectivity index (χ1) is 14.7. The molecule has 1 saturated heterocycles. The van der Waals surface area contributed by atoms with E-state index < -0.39 is 0 Å². The molecule has 2 aromatic carbocycles. The zero-order valence-electron chi connectivity index (χ0n) is 17.2. The molecule has 0 bridgehead atoms. The number of aromatic nitrogens is 2. The largest absolute Gasteiger partial charge is 0.340 e. The van der Waals surface area contributed by atoms with Crippen molar-refractivity contribution >= 4 is 17.7 Å². The second kappa shape index (κ2) is 9.91. The third kappa shape index (κ3) is 5.29. The molecule has 0 radical (unpaired) electrons. The van der Waals surface area contributed by atoms with Crippen molar-refractivity contribution in [2.45, 2.75) is 24.0 Å². The first-order valence-electron chi connectivity index (χ1n) is 10.3. The Labute approximate surface area is 181 Å². The van der Waals surface area contributed by atoms with E-state index in [4.69, 9.17) is 4.52 Å². The van der Waals surface area contributed by atoms with Gasteiger partial charge in [0.25, 0.3) is 5.91 Å². The van der Waals surface area contributed by atoms with Gasteiger partial charge in [0.2, 0.25) is 5.89 Å². The monoisotopic (exact) mass is 422 g/mol. The molecule has 2 heterocycles. The van der Waals surface area contributed by atoms with Crippen LogP contribution in [0.4, 0.5) is 0 Å². The number of thioether (sulfide) groups is 1. The van der Waals surface area contributed by atoms with Gasteiger partial charge < -0.3 is 9.42 Å². The second-order valence-electron chi connectivity index (χ2n) is 7.38. The maximum atomic E-state index is 13.2. The molecule has 7 heteroatoms. The van der Waals surface area contributed by atoms with E-state index in [0.29, 0.717) is 17.5 Å². The van der Waals surface area contributed by atoms with E-state index in [-0.39, 0.29) is 5.91 Å². The number of hydrogen-bond acceptors (Lipinski definition) is 6. The Morgan fingerprint density at radius 3 is 2.50 bits per heavy atom. The van der Waals surface area contributed by atoms with E-state index in [0.717, 1.165) is 49.6 Å². The number of amides is 1. The third-order valence-electron chi connectivity index (χ3n) is 5.26. The second-order valence-corrected chi connectivity index (χ2v) is 8.40. The van der Waals surface area contributed by atoms with Gasteiger partial charge in [0.1, 0.15) is 0 Å². The molecule has 1 aromatic heterocycles. The lowest BCUT2D eigenvalue weighted by Crippen LogP contribution is -2.49. The zero-order valence-corrected chi connectivity index (χ0v) is 18.0. The van der Waals surface area contributed by atoms with Gasteiger partial charge in [0.05, 0.1) is 11.3 Å². The van der Waals surface area contributed by atoms with Crippen LogP contribution in [0.3, 0.4) is 0 Å². The van der Waals surface area contributed by atoms with Crippen LogP contribution in [0, 0.1) is 6.92 Å². The summed E-state index contributed by atoms with van der Waals surface area (Å²) in [5, 5.41) is 3.94. The minimum Gasteiger partial charge on any atom is -0.340 e. The van der Waals surface area contributed by atoms with Crippen LogP contribution in [0.2, 0.25) is 0 Å². The van der Waals surface area contributed by atoms with Crippen molar-refractivity contribution in [2.24, 2.45) is 0 Å². The van der Waals surface area contributed by atoms with Gasteiger partial charge in [-0.25, -0.2) is 0 Å². The summed E-state index contributed by atoms with van der Waals surface area (Å²) in [6.45, 7) is 6.15.